The predicted octanol–water partition coefficient (Wildman–Crippen LogP) is 5.71. The van der Waals surface area contributed by atoms with Gasteiger partial charge >= 0.3 is 11.9 Å². The third-order valence-corrected chi connectivity index (χ3v) is 7.42. The highest BCUT2D eigenvalue weighted by Crippen LogP contribution is 2.49. The van der Waals surface area contributed by atoms with Gasteiger partial charge in [-0.05, 0) is 40.8 Å². The number of hydrogen-bond acceptors (Lipinski definition) is 4. The molecular weight excluding hydrogens is 462 g/mol. The van der Waals surface area contributed by atoms with Gasteiger partial charge in [0.25, 0.3) is 0 Å². The van der Waals surface area contributed by atoms with Crippen LogP contribution in [0.2, 0.25) is 0 Å². The Kier molecular flexibility index (Phi) is 6.89. The van der Waals surface area contributed by atoms with Crippen LogP contribution in [0.15, 0.2) is 115 Å². The Balaban J connectivity index is 1.70. The van der Waals surface area contributed by atoms with Crippen molar-refractivity contribution in [1.82, 2.24) is 4.90 Å². The van der Waals surface area contributed by atoms with E-state index in [4.69, 9.17) is 4.74 Å². The molecule has 1 N–H and O–H groups in total. The van der Waals surface area contributed by atoms with Crippen molar-refractivity contribution in [1.29, 1.82) is 0 Å². The average molecular weight is 492 g/mol. The molecule has 0 amide bonds. The van der Waals surface area contributed by atoms with Gasteiger partial charge in [0.15, 0.2) is 0 Å². The number of methoxy groups -OCH3 is 1. The maximum atomic E-state index is 13.0. The maximum absolute atomic E-state index is 13.0. The first-order valence-electron chi connectivity index (χ1n) is 12.4. The normalized spacial score (nSPS) is 17.9. The van der Waals surface area contributed by atoms with E-state index in [2.05, 4.69) is 41.3 Å². The minimum Gasteiger partial charge on any atom is -0.480 e. The van der Waals surface area contributed by atoms with Crippen LogP contribution in [0.25, 0.3) is 0 Å². The molecule has 186 valence electrons. The highest BCUT2D eigenvalue weighted by atomic mass is 16.5. The van der Waals surface area contributed by atoms with Gasteiger partial charge in [-0.2, -0.15) is 0 Å². The zero-order valence-corrected chi connectivity index (χ0v) is 20.7. The van der Waals surface area contributed by atoms with Crippen LogP contribution in [-0.4, -0.2) is 41.6 Å². The molecule has 5 nitrogen and oxygen atoms in total. The molecule has 0 bridgehead atoms. The number of esters is 1. The van der Waals surface area contributed by atoms with Crippen LogP contribution in [-0.2, 0) is 15.1 Å². The van der Waals surface area contributed by atoms with Crippen LogP contribution in [0, 0.1) is 0 Å². The molecule has 1 unspecified atom stereocenters. The molecule has 0 spiro atoms. The maximum Gasteiger partial charge on any atom is 0.337 e. The molecule has 1 aliphatic heterocycles. The number of benzene rings is 4. The Morgan fingerprint density at radius 1 is 0.757 bits per heavy atom. The summed E-state index contributed by atoms with van der Waals surface area (Å²) in [7, 11) is 1.35. The monoisotopic (exact) mass is 491 g/mol. The Morgan fingerprint density at radius 3 is 1.62 bits per heavy atom. The van der Waals surface area contributed by atoms with Gasteiger partial charge in [0.05, 0.1) is 18.2 Å². The van der Waals surface area contributed by atoms with Crippen molar-refractivity contribution in [3.05, 3.63) is 143 Å². The molecule has 5 rings (SSSR count). The number of rotatable bonds is 7. The highest BCUT2D eigenvalue weighted by Gasteiger charge is 2.52. The summed E-state index contributed by atoms with van der Waals surface area (Å²) in [5.41, 5.74) is 3.57. The van der Waals surface area contributed by atoms with Gasteiger partial charge in [-0.1, -0.05) is 103 Å². The Bertz CT molecular complexity index is 1260. The Hall–Kier alpha value is -4.22. The third kappa shape index (κ3) is 4.32. The van der Waals surface area contributed by atoms with Crippen molar-refractivity contribution < 1.29 is 19.4 Å². The molecule has 5 heteroatoms. The van der Waals surface area contributed by atoms with E-state index in [1.165, 1.54) is 7.11 Å². The van der Waals surface area contributed by atoms with E-state index in [1.54, 1.807) is 12.1 Å². The molecule has 0 saturated carbocycles. The molecular formula is C32H29NO4. The number of carboxylic acids is 1. The number of carbonyl (C=O) groups excluding carboxylic acids is 1. The summed E-state index contributed by atoms with van der Waals surface area (Å²) in [6.45, 7) is 0.582. The van der Waals surface area contributed by atoms with Crippen molar-refractivity contribution in [3.63, 3.8) is 0 Å². The molecule has 1 saturated heterocycles. The van der Waals surface area contributed by atoms with Crippen molar-refractivity contribution in [2.45, 2.75) is 23.9 Å². The lowest BCUT2D eigenvalue weighted by molar-refractivity contribution is -0.144. The zero-order valence-electron chi connectivity index (χ0n) is 20.7. The number of aliphatic carboxylic acids is 1. The summed E-state index contributed by atoms with van der Waals surface area (Å²) in [4.78, 5) is 27.1. The van der Waals surface area contributed by atoms with Gasteiger partial charge in [0.2, 0.25) is 0 Å². The third-order valence-electron chi connectivity index (χ3n) is 7.42. The van der Waals surface area contributed by atoms with E-state index in [0.29, 0.717) is 18.5 Å². The first kappa shape index (κ1) is 24.5. The van der Waals surface area contributed by atoms with Crippen LogP contribution in [0.3, 0.4) is 0 Å². The SMILES string of the molecule is COC(=O)c1ccc(C2CCN(C(c3ccccc3)(c3ccccc3)c3ccccc3)[C@@H]2C(=O)O)cc1. The topological polar surface area (TPSA) is 66.8 Å². The number of nitrogens with zero attached hydrogens (tertiary/aromatic N) is 1. The summed E-state index contributed by atoms with van der Waals surface area (Å²) in [6.07, 6.45) is 0.669. The molecule has 37 heavy (non-hydrogen) atoms. The van der Waals surface area contributed by atoms with Crippen molar-refractivity contribution in [2.24, 2.45) is 0 Å². The number of ether oxygens (including phenoxy) is 1. The number of carbonyl (C=O) groups is 2. The van der Waals surface area contributed by atoms with Crippen LogP contribution >= 0.6 is 0 Å². The van der Waals surface area contributed by atoms with Gasteiger partial charge in [0, 0.05) is 12.5 Å². The molecule has 1 fully saturated rings. The smallest absolute Gasteiger partial charge is 0.337 e. The minimum atomic E-state index is -0.869. The summed E-state index contributed by atoms with van der Waals surface area (Å²) in [5.74, 6) is -1.53. The minimum absolute atomic E-state index is 0.250. The fourth-order valence-corrected chi connectivity index (χ4v) is 5.84. The number of likely N-dealkylation sites (tertiary alicyclic amines) is 1. The Morgan fingerprint density at radius 2 is 1.22 bits per heavy atom. The van der Waals surface area contributed by atoms with Crippen LogP contribution < -0.4 is 0 Å². The van der Waals surface area contributed by atoms with Crippen LogP contribution in [0.1, 0.15) is 45.0 Å². The lowest BCUT2D eigenvalue weighted by atomic mass is 9.74. The molecule has 4 aromatic rings. The van der Waals surface area contributed by atoms with Crippen LogP contribution in [0.4, 0.5) is 0 Å². The number of hydrogen-bond donors (Lipinski definition) is 1. The second kappa shape index (κ2) is 10.4. The van der Waals surface area contributed by atoms with E-state index >= 15 is 0 Å². The number of carboxylic acid groups (broad SMARTS) is 1. The molecule has 0 aliphatic carbocycles. The average Bonchev–Trinajstić information content (AvgIpc) is 3.41. The molecule has 1 heterocycles. The highest BCUT2D eigenvalue weighted by molar-refractivity contribution is 5.89. The zero-order chi connectivity index (χ0) is 25.8. The molecule has 0 aromatic heterocycles. The standard InChI is InChI=1S/C32H29NO4/c1-37-31(36)24-19-17-23(18-20-24)28-21-22-33(29(28)30(34)35)32(25-11-5-2-6-12-25,26-13-7-3-8-14-26)27-15-9-4-10-16-27/h2-20,28-29H,21-22H2,1H3,(H,34,35)/t28?,29-/m0/s1. The fraction of sp³-hybridized carbons (Fsp3) is 0.188. The first-order valence-corrected chi connectivity index (χ1v) is 12.4. The van der Waals surface area contributed by atoms with Gasteiger partial charge < -0.3 is 9.84 Å². The summed E-state index contributed by atoms with van der Waals surface area (Å²) in [6, 6.07) is 36.8. The molecule has 2 atom stereocenters. The van der Waals surface area contributed by atoms with Gasteiger partial charge in [-0.3, -0.25) is 9.69 Å². The van der Waals surface area contributed by atoms with E-state index in [1.807, 2.05) is 66.7 Å². The van der Waals surface area contributed by atoms with Gasteiger partial charge in [-0.25, -0.2) is 4.79 Å². The fourth-order valence-electron chi connectivity index (χ4n) is 5.84. The molecule has 1 aliphatic rings. The largest absolute Gasteiger partial charge is 0.480 e. The van der Waals surface area contributed by atoms with Crippen LogP contribution in [0.5, 0.6) is 0 Å². The van der Waals surface area contributed by atoms with Gasteiger partial charge in [0.1, 0.15) is 6.04 Å². The van der Waals surface area contributed by atoms with E-state index in [0.717, 1.165) is 22.3 Å². The Labute approximate surface area is 217 Å². The summed E-state index contributed by atoms with van der Waals surface area (Å²) < 4.78 is 4.83. The lowest BCUT2D eigenvalue weighted by Gasteiger charge is -2.46. The quantitative estimate of drug-likeness (QED) is 0.265. The predicted molar refractivity (Wildman–Crippen MR) is 142 cm³/mol. The van der Waals surface area contributed by atoms with Crippen molar-refractivity contribution in [2.75, 3.05) is 13.7 Å². The van der Waals surface area contributed by atoms with E-state index < -0.39 is 23.5 Å². The van der Waals surface area contributed by atoms with Gasteiger partial charge in [-0.15, -0.1) is 0 Å². The molecule has 0 radical (unpaired) electrons. The second-order valence-electron chi connectivity index (χ2n) is 9.29. The summed E-state index contributed by atoms with van der Waals surface area (Å²) in [5, 5.41) is 10.7. The van der Waals surface area contributed by atoms with E-state index in [-0.39, 0.29) is 5.92 Å². The summed E-state index contributed by atoms with van der Waals surface area (Å²) >= 11 is 0. The van der Waals surface area contributed by atoms with Crippen molar-refractivity contribution >= 4 is 11.9 Å². The second-order valence-corrected chi connectivity index (χ2v) is 9.29. The first-order chi connectivity index (χ1) is 18.1. The van der Waals surface area contributed by atoms with Crippen molar-refractivity contribution in [3.8, 4) is 0 Å². The molecule has 4 aromatic carbocycles. The van der Waals surface area contributed by atoms with E-state index in [9.17, 15) is 14.7 Å². The lowest BCUT2D eigenvalue weighted by Crippen LogP contribution is -2.53.